The Morgan fingerprint density at radius 2 is 2.14 bits per heavy atom. The van der Waals surface area contributed by atoms with Gasteiger partial charge in [0.1, 0.15) is 11.6 Å². The quantitative estimate of drug-likeness (QED) is 0.816. The Bertz CT molecular complexity index is 704. The summed E-state index contributed by atoms with van der Waals surface area (Å²) in [4.78, 5) is 18.4. The van der Waals surface area contributed by atoms with Crippen molar-refractivity contribution in [3.05, 3.63) is 33.8 Å². The van der Waals surface area contributed by atoms with Crippen LogP contribution in [0.5, 0.6) is 0 Å². The van der Waals surface area contributed by atoms with Gasteiger partial charge >= 0.3 is 0 Å². The third-order valence-electron chi connectivity index (χ3n) is 3.84. The van der Waals surface area contributed by atoms with E-state index in [1.807, 2.05) is 7.05 Å². The fourth-order valence-electron chi connectivity index (χ4n) is 2.74. The minimum atomic E-state index is -0.114. The lowest BCUT2D eigenvalue weighted by Crippen LogP contribution is -2.27. The summed E-state index contributed by atoms with van der Waals surface area (Å²) >= 11 is 1.56. The van der Waals surface area contributed by atoms with Gasteiger partial charge in [-0.3, -0.25) is 4.79 Å². The topological polar surface area (TPSA) is 88.5 Å². The molecule has 3 rings (SSSR count). The molecule has 0 bridgehead atoms. The van der Waals surface area contributed by atoms with Crippen molar-refractivity contribution in [2.45, 2.75) is 36.6 Å². The van der Waals surface area contributed by atoms with Crippen molar-refractivity contribution in [3.8, 4) is 0 Å². The van der Waals surface area contributed by atoms with Gasteiger partial charge in [-0.25, -0.2) is 4.98 Å². The van der Waals surface area contributed by atoms with E-state index in [9.17, 15) is 4.79 Å². The van der Waals surface area contributed by atoms with E-state index in [0.717, 1.165) is 42.6 Å². The maximum Gasteiger partial charge on any atom is 0.251 e. The molecule has 22 heavy (non-hydrogen) atoms. The SMILES string of the molecule is Cc1nc(CSc2nnc(C3CCNCC3)n2C)cc(=O)[nH]1. The molecule has 0 radical (unpaired) electrons. The Morgan fingerprint density at radius 1 is 1.36 bits per heavy atom. The zero-order valence-corrected chi connectivity index (χ0v) is 13.6. The molecule has 3 heterocycles. The standard InChI is InChI=1S/C14H20N6OS/c1-9-16-11(7-12(21)17-9)8-22-14-19-18-13(20(14)2)10-3-5-15-6-4-10/h7,10,15H,3-6,8H2,1-2H3,(H,16,17,21). The van der Waals surface area contributed by atoms with E-state index in [2.05, 4.69) is 30.0 Å². The van der Waals surface area contributed by atoms with Crippen molar-refractivity contribution in [1.82, 2.24) is 30.0 Å². The molecular formula is C14H20N6OS. The van der Waals surface area contributed by atoms with Gasteiger partial charge in [0.25, 0.3) is 5.56 Å². The van der Waals surface area contributed by atoms with Gasteiger partial charge in [-0.2, -0.15) is 0 Å². The Hall–Kier alpha value is -1.67. The third-order valence-corrected chi connectivity index (χ3v) is 4.89. The van der Waals surface area contributed by atoms with Crippen LogP contribution in [-0.4, -0.2) is 37.8 Å². The first kappa shape index (κ1) is 15.2. The van der Waals surface area contributed by atoms with Crippen molar-refractivity contribution in [1.29, 1.82) is 0 Å². The molecule has 0 spiro atoms. The minimum Gasteiger partial charge on any atom is -0.317 e. The largest absolute Gasteiger partial charge is 0.317 e. The van der Waals surface area contributed by atoms with Crippen LogP contribution in [0.4, 0.5) is 0 Å². The highest BCUT2D eigenvalue weighted by molar-refractivity contribution is 7.98. The molecule has 8 heteroatoms. The van der Waals surface area contributed by atoms with E-state index in [1.165, 1.54) is 6.07 Å². The summed E-state index contributed by atoms with van der Waals surface area (Å²) in [7, 11) is 2.01. The number of nitrogens with one attached hydrogen (secondary N) is 2. The lowest BCUT2D eigenvalue weighted by atomic mass is 9.97. The first-order valence-corrected chi connectivity index (χ1v) is 8.41. The van der Waals surface area contributed by atoms with Gasteiger partial charge < -0.3 is 14.9 Å². The highest BCUT2D eigenvalue weighted by Crippen LogP contribution is 2.27. The fraction of sp³-hybridized carbons (Fsp3) is 0.571. The van der Waals surface area contributed by atoms with Crippen LogP contribution in [0.2, 0.25) is 0 Å². The normalized spacial score (nSPS) is 16.1. The predicted octanol–water partition coefficient (Wildman–Crippen LogP) is 0.966. The molecule has 0 saturated carbocycles. The number of aryl methyl sites for hydroxylation is 1. The first-order chi connectivity index (χ1) is 10.6. The number of aromatic nitrogens is 5. The molecule has 1 aliphatic heterocycles. The van der Waals surface area contributed by atoms with Gasteiger partial charge in [0.2, 0.25) is 0 Å². The third kappa shape index (κ3) is 3.38. The van der Waals surface area contributed by atoms with Crippen LogP contribution in [0.1, 0.15) is 36.1 Å². The summed E-state index contributed by atoms with van der Waals surface area (Å²) < 4.78 is 2.07. The summed E-state index contributed by atoms with van der Waals surface area (Å²) in [6.45, 7) is 3.86. The smallest absolute Gasteiger partial charge is 0.251 e. The van der Waals surface area contributed by atoms with Crippen molar-refractivity contribution in [2.75, 3.05) is 13.1 Å². The molecule has 2 aromatic rings. The van der Waals surface area contributed by atoms with Gasteiger partial charge in [0.05, 0.1) is 5.69 Å². The number of hydrogen-bond acceptors (Lipinski definition) is 6. The maximum absolute atomic E-state index is 11.5. The monoisotopic (exact) mass is 320 g/mol. The molecule has 0 amide bonds. The second kappa shape index (κ2) is 6.62. The predicted molar refractivity (Wildman–Crippen MR) is 85.0 cm³/mol. The molecule has 2 aromatic heterocycles. The van der Waals surface area contributed by atoms with E-state index in [4.69, 9.17) is 0 Å². The highest BCUT2D eigenvalue weighted by Gasteiger charge is 2.21. The number of rotatable bonds is 4. The van der Waals surface area contributed by atoms with E-state index in [-0.39, 0.29) is 5.56 Å². The molecule has 1 fully saturated rings. The summed E-state index contributed by atoms with van der Waals surface area (Å²) in [5.41, 5.74) is 0.647. The van der Waals surface area contributed by atoms with Crippen LogP contribution in [0, 0.1) is 6.92 Å². The van der Waals surface area contributed by atoms with Gasteiger partial charge in [-0.05, 0) is 32.9 Å². The molecule has 7 nitrogen and oxygen atoms in total. The molecule has 2 N–H and O–H groups in total. The molecule has 1 aliphatic rings. The fourth-order valence-corrected chi connectivity index (χ4v) is 3.55. The van der Waals surface area contributed by atoms with Crippen LogP contribution in [-0.2, 0) is 12.8 Å². The molecule has 0 unspecified atom stereocenters. The Balaban J connectivity index is 1.70. The molecule has 0 atom stereocenters. The number of piperidine rings is 1. The van der Waals surface area contributed by atoms with Crippen molar-refractivity contribution in [2.24, 2.45) is 7.05 Å². The Morgan fingerprint density at radius 3 is 2.86 bits per heavy atom. The number of aromatic amines is 1. The van der Waals surface area contributed by atoms with E-state index in [0.29, 0.717) is 17.5 Å². The van der Waals surface area contributed by atoms with Crippen LogP contribution in [0.25, 0.3) is 0 Å². The molecule has 0 aliphatic carbocycles. The zero-order valence-electron chi connectivity index (χ0n) is 12.8. The summed E-state index contributed by atoms with van der Waals surface area (Å²) in [6.07, 6.45) is 2.21. The maximum atomic E-state index is 11.5. The average Bonchev–Trinajstić information content (AvgIpc) is 2.86. The van der Waals surface area contributed by atoms with E-state index >= 15 is 0 Å². The summed E-state index contributed by atoms with van der Waals surface area (Å²) in [5, 5.41) is 12.9. The van der Waals surface area contributed by atoms with Crippen LogP contribution < -0.4 is 10.9 Å². The molecular weight excluding hydrogens is 300 g/mol. The number of nitrogens with zero attached hydrogens (tertiary/aromatic N) is 4. The number of hydrogen-bond donors (Lipinski definition) is 2. The second-order valence-corrected chi connectivity index (χ2v) is 6.48. The number of H-pyrrole nitrogens is 1. The molecule has 118 valence electrons. The van der Waals surface area contributed by atoms with E-state index in [1.54, 1.807) is 18.7 Å². The molecule has 0 aromatic carbocycles. The van der Waals surface area contributed by atoms with Crippen LogP contribution >= 0.6 is 11.8 Å². The number of thioether (sulfide) groups is 1. The van der Waals surface area contributed by atoms with Gasteiger partial charge in [0, 0.05) is 24.8 Å². The minimum absolute atomic E-state index is 0.114. The second-order valence-electron chi connectivity index (χ2n) is 5.53. The zero-order chi connectivity index (χ0) is 15.5. The van der Waals surface area contributed by atoms with Crippen molar-refractivity contribution in [3.63, 3.8) is 0 Å². The summed E-state index contributed by atoms with van der Waals surface area (Å²) in [6, 6.07) is 1.53. The van der Waals surface area contributed by atoms with Gasteiger partial charge in [-0.15, -0.1) is 10.2 Å². The first-order valence-electron chi connectivity index (χ1n) is 7.43. The average molecular weight is 320 g/mol. The van der Waals surface area contributed by atoms with Crippen LogP contribution in [0.15, 0.2) is 16.0 Å². The summed E-state index contributed by atoms with van der Waals surface area (Å²) in [5.74, 6) is 2.78. The van der Waals surface area contributed by atoms with Crippen LogP contribution in [0.3, 0.4) is 0 Å². The van der Waals surface area contributed by atoms with Crippen molar-refractivity contribution < 1.29 is 0 Å². The van der Waals surface area contributed by atoms with Gasteiger partial charge in [0.15, 0.2) is 5.16 Å². The lowest BCUT2D eigenvalue weighted by Gasteiger charge is -2.21. The molecule has 1 saturated heterocycles. The Kier molecular flexibility index (Phi) is 4.58. The Labute approximate surface area is 133 Å². The van der Waals surface area contributed by atoms with Gasteiger partial charge in [-0.1, -0.05) is 11.8 Å². The van der Waals surface area contributed by atoms with Crippen molar-refractivity contribution >= 4 is 11.8 Å². The highest BCUT2D eigenvalue weighted by atomic mass is 32.2. The van der Waals surface area contributed by atoms with E-state index < -0.39 is 0 Å². The lowest BCUT2D eigenvalue weighted by molar-refractivity contribution is 0.434.